The van der Waals surface area contributed by atoms with Gasteiger partial charge in [-0.15, -0.1) is 0 Å². The number of para-hydroxylation sites is 1. The number of nitro benzene ring substituents is 1. The fraction of sp³-hybridized carbons (Fsp3) is 0.200. The third-order valence-electron chi connectivity index (χ3n) is 3.06. The highest BCUT2D eigenvalue weighted by Gasteiger charge is 2.13. The first-order valence-electron chi connectivity index (χ1n) is 6.37. The summed E-state index contributed by atoms with van der Waals surface area (Å²) in [5.41, 5.74) is 1.61. The Hall–Kier alpha value is -2.11. The second-order valence-electron chi connectivity index (χ2n) is 4.45. The zero-order chi connectivity index (χ0) is 15.2. The van der Waals surface area contributed by atoms with E-state index in [4.69, 9.17) is 16.3 Å². The predicted molar refractivity (Wildman–Crippen MR) is 81.6 cm³/mol. The molecular formula is C15H15ClN2O3. The van der Waals surface area contributed by atoms with Gasteiger partial charge in [0.25, 0.3) is 5.69 Å². The van der Waals surface area contributed by atoms with E-state index in [1.165, 1.54) is 12.1 Å². The van der Waals surface area contributed by atoms with Crippen molar-refractivity contribution in [2.45, 2.75) is 13.1 Å². The minimum Gasteiger partial charge on any atom is -0.496 e. The average Bonchev–Trinajstić information content (AvgIpc) is 2.47. The van der Waals surface area contributed by atoms with Crippen molar-refractivity contribution in [2.75, 3.05) is 7.11 Å². The molecule has 2 aromatic rings. The summed E-state index contributed by atoms with van der Waals surface area (Å²) >= 11 is 5.89. The Morgan fingerprint density at radius 2 is 1.90 bits per heavy atom. The van der Waals surface area contributed by atoms with Crippen LogP contribution in [-0.4, -0.2) is 12.0 Å². The van der Waals surface area contributed by atoms with Gasteiger partial charge in [-0.05, 0) is 18.2 Å². The average molecular weight is 307 g/mol. The lowest BCUT2D eigenvalue weighted by molar-refractivity contribution is -0.385. The van der Waals surface area contributed by atoms with Crippen molar-refractivity contribution in [1.82, 2.24) is 5.32 Å². The van der Waals surface area contributed by atoms with Gasteiger partial charge in [0, 0.05) is 35.3 Å². The fourth-order valence-electron chi connectivity index (χ4n) is 2.05. The number of benzene rings is 2. The Balaban J connectivity index is 2.07. The van der Waals surface area contributed by atoms with E-state index in [1.807, 2.05) is 24.3 Å². The van der Waals surface area contributed by atoms with Crippen LogP contribution < -0.4 is 10.1 Å². The van der Waals surface area contributed by atoms with Crippen LogP contribution in [0.15, 0.2) is 42.5 Å². The SMILES string of the molecule is COc1ccccc1CNCc1cc(Cl)ccc1[N+](=O)[O-]. The van der Waals surface area contributed by atoms with Gasteiger partial charge in [-0.25, -0.2) is 0 Å². The summed E-state index contributed by atoms with van der Waals surface area (Å²) in [5.74, 6) is 0.783. The second kappa shape index (κ2) is 7.06. The maximum absolute atomic E-state index is 11.0. The molecule has 0 saturated heterocycles. The summed E-state index contributed by atoms with van der Waals surface area (Å²) in [6, 6.07) is 12.2. The topological polar surface area (TPSA) is 64.4 Å². The number of nitrogens with one attached hydrogen (secondary N) is 1. The number of hydrogen-bond donors (Lipinski definition) is 1. The Morgan fingerprint density at radius 3 is 2.62 bits per heavy atom. The molecule has 2 rings (SSSR count). The van der Waals surface area contributed by atoms with Crippen molar-refractivity contribution in [2.24, 2.45) is 0 Å². The smallest absolute Gasteiger partial charge is 0.273 e. The number of nitro groups is 1. The van der Waals surface area contributed by atoms with Crippen molar-refractivity contribution in [3.8, 4) is 5.75 Å². The number of nitrogens with zero attached hydrogens (tertiary/aromatic N) is 1. The zero-order valence-corrected chi connectivity index (χ0v) is 12.3. The fourth-order valence-corrected chi connectivity index (χ4v) is 2.25. The molecule has 0 bridgehead atoms. The minimum absolute atomic E-state index is 0.0620. The van der Waals surface area contributed by atoms with E-state index >= 15 is 0 Å². The van der Waals surface area contributed by atoms with E-state index in [-0.39, 0.29) is 5.69 Å². The molecule has 21 heavy (non-hydrogen) atoms. The molecule has 0 aliphatic carbocycles. The Kier molecular flexibility index (Phi) is 5.14. The highest BCUT2D eigenvalue weighted by molar-refractivity contribution is 6.30. The summed E-state index contributed by atoms with van der Waals surface area (Å²) in [5, 5.41) is 14.6. The third kappa shape index (κ3) is 3.93. The molecule has 0 fully saturated rings. The molecule has 0 aromatic heterocycles. The molecule has 5 nitrogen and oxygen atoms in total. The van der Waals surface area contributed by atoms with Crippen molar-refractivity contribution in [3.05, 3.63) is 68.7 Å². The molecule has 0 radical (unpaired) electrons. The van der Waals surface area contributed by atoms with Crippen molar-refractivity contribution >= 4 is 17.3 Å². The number of halogens is 1. The summed E-state index contributed by atoms with van der Waals surface area (Å²) in [7, 11) is 1.61. The molecule has 2 aromatic carbocycles. The molecule has 0 amide bonds. The zero-order valence-electron chi connectivity index (χ0n) is 11.5. The molecule has 0 aliphatic rings. The van der Waals surface area contributed by atoms with E-state index in [2.05, 4.69) is 5.32 Å². The number of methoxy groups -OCH3 is 1. The largest absolute Gasteiger partial charge is 0.496 e. The Bertz CT molecular complexity index is 647. The molecular weight excluding hydrogens is 292 g/mol. The normalized spacial score (nSPS) is 10.4. The van der Waals surface area contributed by atoms with E-state index in [0.717, 1.165) is 11.3 Å². The van der Waals surface area contributed by atoms with Crippen LogP contribution >= 0.6 is 11.6 Å². The van der Waals surface area contributed by atoms with E-state index in [1.54, 1.807) is 13.2 Å². The molecule has 0 unspecified atom stereocenters. The molecule has 1 N–H and O–H groups in total. The number of hydrogen-bond acceptors (Lipinski definition) is 4. The first-order chi connectivity index (χ1) is 10.1. The van der Waals surface area contributed by atoms with Crippen molar-refractivity contribution in [1.29, 1.82) is 0 Å². The van der Waals surface area contributed by atoms with E-state index < -0.39 is 4.92 Å². The lowest BCUT2D eigenvalue weighted by Crippen LogP contribution is -2.14. The monoisotopic (exact) mass is 306 g/mol. The number of rotatable bonds is 6. The van der Waals surface area contributed by atoms with Crippen LogP contribution in [0.4, 0.5) is 5.69 Å². The standard InChI is InChI=1S/C15H15ClN2O3/c1-21-15-5-3-2-4-11(15)9-17-10-12-8-13(16)6-7-14(12)18(19)20/h2-8,17H,9-10H2,1H3. The van der Waals surface area contributed by atoms with Gasteiger partial charge < -0.3 is 10.1 Å². The molecule has 0 atom stereocenters. The van der Waals surface area contributed by atoms with Crippen LogP contribution in [0.3, 0.4) is 0 Å². The molecule has 0 spiro atoms. The maximum Gasteiger partial charge on any atom is 0.273 e. The summed E-state index contributed by atoms with van der Waals surface area (Å²) in [6.07, 6.45) is 0. The summed E-state index contributed by atoms with van der Waals surface area (Å²) in [6.45, 7) is 0.905. The summed E-state index contributed by atoms with van der Waals surface area (Å²) < 4.78 is 5.26. The van der Waals surface area contributed by atoms with Crippen LogP contribution in [0, 0.1) is 10.1 Å². The quantitative estimate of drug-likeness (QED) is 0.655. The van der Waals surface area contributed by atoms with E-state index in [9.17, 15) is 10.1 Å². The van der Waals surface area contributed by atoms with Gasteiger partial charge >= 0.3 is 0 Å². The molecule has 110 valence electrons. The van der Waals surface area contributed by atoms with Gasteiger partial charge in [0.05, 0.1) is 12.0 Å². The molecule has 0 saturated carbocycles. The van der Waals surface area contributed by atoms with Crippen LogP contribution in [-0.2, 0) is 13.1 Å². The maximum atomic E-state index is 11.0. The van der Waals surface area contributed by atoms with Gasteiger partial charge in [-0.3, -0.25) is 10.1 Å². The van der Waals surface area contributed by atoms with Gasteiger partial charge in [0.1, 0.15) is 5.75 Å². The van der Waals surface area contributed by atoms with E-state index in [0.29, 0.717) is 23.7 Å². The van der Waals surface area contributed by atoms with Gasteiger partial charge in [0.2, 0.25) is 0 Å². The Labute approximate surface area is 127 Å². The van der Waals surface area contributed by atoms with Crippen LogP contribution in [0.25, 0.3) is 0 Å². The first-order valence-corrected chi connectivity index (χ1v) is 6.75. The molecule has 0 heterocycles. The van der Waals surface area contributed by atoms with Gasteiger partial charge in [-0.2, -0.15) is 0 Å². The third-order valence-corrected chi connectivity index (χ3v) is 3.30. The van der Waals surface area contributed by atoms with Gasteiger partial charge in [-0.1, -0.05) is 29.8 Å². The predicted octanol–water partition coefficient (Wildman–Crippen LogP) is 3.55. The highest BCUT2D eigenvalue weighted by Crippen LogP contribution is 2.23. The summed E-state index contributed by atoms with van der Waals surface area (Å²) in [4.78, 5) is 10.6. The lowest BCUT2D eigenvalue weighted by atomic mass is 10.1. The second-order valence-corrected chi connectivity index (χ2v) is 4.88. The van der Waals surface area contributed by atoms with Crippen LogP contribution in [0.2, 0.25) is 5.02 Å². The van der Waals surface area contributed by atoms with Gasteiger partial charge in [0.15, 0.2) is 0 Å². The lowest BCUT2D eigenvalue weighted by Gasteiger charge is -2.10. The number of ether oxygens (including phenoxy) is 1. The first kappa shape index (κ1) is 15.3. The minimum atomic E-state index is -0.406. The molecule has 0 aliphatic heterocycles. The Morgan fingerprint density at radius 1 is 1.19 bits per heavy atom. The van der Waals surface area contributed by atoms with Crippen LogP contribution in [0.5, 0.6) is 5.75 Å². The van der Waals surface area contributed by atoms with Crippen molar-refractivity contribution < 1.29 is 9.66 Å². The van der Waals surface area contributed by atoms with Crippen molar-refractivity contribution in [3.63, 3.8) is 0 Å². The van der Waals surface area contributed by atoms with Crippen LogP contribution in [0.1, 0.15) is 11.1 Å². The highest BCUT2D eigenvalue weighted by atomic mass is 35.5. The molecule has 6 heteroatoms.